The molecule has 4 saturated carbocycles. The summed E-state index contributed by atoms with van der Waals surface area (Å²) in [6.45, 7) is 0. The van der Waals surface area contributed by atoms with Gasteiger partial charge < -0.3 is 15.0 Å². The minimum Gasteiger partial charge on any atom is -0.474 e. The highest BCUT2D eigenvalue weighted by atomic mass is 16.5. The van der Waals surface area contributed by atoms with E-state index in [1.165, 1.54) is 50.6 Å². The number of fused-ring (bicyclic) bond motifs is 2. The van der Waals surface area contributed by atoms with Crippen molar-refractivity contribution >= 4 is 11.6 Å². The second-order valence-corrected chi connectivity index (χ2v) is 11.6. The lowest BCUT2D eigenvalue weighted by atomic mass is 9.54. The molecular formula is C29H35N3O2. The van der Waals surface area contributed by atoms with Crippen LogP contribution >= 0.6 is 0 Å². The lowest BCUT2D eigenvalue weighted by Gasteiger charge is -2.54. The minimum atomic E-state index is 0.120. The number of carbonyl (C=O) groups excluding carboxylic acids is 1. The molecule has 6 fully saturated rings. The van der Waals surface area contributed by atoms with E-state index < -0.39 is 0 Å². The summed E-state index contributed by atoms with van der Waals surface area (Å²) in [6, 6.07) is 15.6. The van der Waals surface area contributed by atoms with E-state index in [0.29, 0.717) is 30.0 Å². The molecule has 3 heterocycles. The first-order valence-electron chi connectivity index (χ1n) is 13.5. The predicted molar refractivity (Wildman–Crippen MR) is 132 cm³/mol. The average molecular weight is 458 g/mol. The van der Waals surface area contributed by atoms with Crippen LogP contribution in [0.1, 0.15) is 68.1 Å². The van der Waals surface area contributed by atoms with Crippen LogP contribution in [0, 0.1) is 23.7 Å². The number of piperidine rings is 1. The van der Waals surface area contributed by atoms with Crippen molar-refractivity contribution in [3.8, 4) is 5.88 Å². The number of anilines is 1. The largest absolute Gasteiger partial charge is 0.474 e. The van der Waals surface area contributed by atoms with Crippen molar-refractivity contribution in [1.29, 1.82) is 0 Å². The molecule has 1 amide bonds. The first-order chi connectivity index (χ1) is 16.7. The van der Waals surface area contributed by atoms with Gasteiger partial charge in [0.2, 0.25) is 5.88 Å². The van der Waals surface area contributed by atoms with Crippen LogP contribution in [0.15, 0.2) is 48.7 Å². The van der Waals surface area contributed by atoms with Gasteiger partial charge in [0.05, 0.1) is 0 Å². The molecule has 1 aromatic heterocycles. The Kier molecular flexibility index (Phi) is 5.06. The summed E-state index contributed by atoms with van der Waals surface area (Å²) < 4.78 is 6.19. The molecule has 4 aliphatic carbocycles. The van der Waals surface area contributed by atoms with Gasteiger partial charge in [-0.2, -0.15) is 0 Å². The third-order valence-corrected chi connectivity index (χ3v) is 9.57. The van der Waals surface area contributed by atoms with Crippen LogP contribution in [-0.2, 0) is 0 Å². The number of pyridine rings is 1. The molecule has 2 aliphatic heterocycles. The van der Waals surface area contributed by atoms with Crippen LogP contribution in [0.25, 0.3) is 0 Å². The zero-order valence-electron chi connectivity index (χ0n) is 19.8. The Morgan fingerprint density at radius 1 is 0.853 bits per heavy atom. The fourth-order valence-corrected chi connectivity index (χ4v) is 8.41. The number of hydrogen-bond donors (Lipinski definition) is 1. The summed E-state index contributed by atoms with van der Waals surface area (Å²) in [5.74, 6) is 4.14. The van der Waals surface area contributed by atoms with Gasteiger partial charge in [-0.1, -0.05) is 6.07 Å². The monoisotopic (exact) mass is 457 g/mol. The van der Waals surface area contributed by atoms with Gasteiger partial charge in [-0.25, -0.2) is 4.98 Å². The maximum Gasteiger partial charge on any atom is 0.251 e. The highest BCUT2D eigenvalue weighted by molar-refractivity contribution is 5.94. The van der Waals surface area contributed by atoms with Gasteiger partial charge in [-0.15, -0.1) is 0 Å². The Morgan fingerprint density at radius 3 is 2.15 bits per heavy atom. The molecular weight excluding hydrogens is 422 g/mol. The van der Waals surface area contributed by atoms with Gasteiger partial charge >= 0.3 is 0 Å². The number of benzene rings is 1. The maximum atomic E-state index is 13.1. The number of carbonyl (C=O) groups is 1. The molecule has 2 atom stereocenters. The number of ether oxygens (including phenoxy) is 1. The van der Waals surface area contributed by atoms with E-state index in [-0.39, 0.29) is 12.0 Å². The lowest BCUT2D eigenvalue weighted by molar-refractivity contribution is -0.0119. The molecule has 178 valence electrons. The normalized spacial score (nSPS) is 37.6. The van der Waals surface area contributed by atoms with Crippen LogP contribution in [0.3, 0.4) is 0 Å². The SMILES string of the molecule is O=C(NC1C2CC3CC(C2)CC1C3)c1ccc(N2[C@@H]3CC[C@@H]2CC(Oc2ccccn2)C3)cc1. The van der Waals surface area contributed by atoms with E-state index in [1.807, 2.05) is 30.3 Å². The maximum absolute atomic E-state index is 13.1. The van der Waals surface area contributed by atoms with Crippen LogP contribution < -0.4 is 15.0 Å². The molecule has 2 aromatic rings. The van der Waals surface area contributed by atoms with E-state index >= 15 is 0 Å². The van der Waals surface area contributed by atoms with Crippen molar-refractivity contribution in [3.05, 3.63) is 54.2 Å². The second kappa shape index (κ2) is 8.28. The first kappa shape index (κ1) is 20.8. The molecule has 34 heavy (non-hydrogen) atoms. The van der Waals surface area contributed by atoms with Crippen molar-refractivity contribution in [3.63, 3.8) is 0 Å². The fourth-order valence-electron chi connectivity index (χ4n) is 8.41. The lowest BCUT2D eigenvalue weighted by Crippen LogP contribution is -2.55. The van der Waals surface area contributed by atoms with E-state index in [1.54, 1.807) is 6.20 Å². The number of nitrogens with one attached hydrogen (secondary N) is 1. The number of rotatable bonds is 5. The molecule has 2 saturated heterocycles. The van der Waals surface area contributed by atoms with Crippen LogP contribution in [0.4, 0.5) is 5.69 Å². The second-order valence-electron chi connectivity index (χ2n) is 11.6. The molecule has 6 bridgehead atoms. The van der Waals surface area contributed by atoms with E-state index in [9.17, 15) is 4.79 Å². The van der Waals surface area contributed by atoms with Gasteiger partial charge in [0, 0.05) is 54.5 Å². The van der Waals surface area contributed by atoms with Crippen LogP contribution in [0.2, 0.25) is 0 Å². The molecule has 0 radical (unpaired) electrons. The van der Waals surface area contributed by atoms with Crippen LogP contribution in [0.5, 0.6) is 5.88 Å². The van der Waals surface area contributed by atoms with Crippen molar-refractivity contribution in [2.24, 2.45) is 23.7 Å². The van der Waals surface area contributed by atoms with Crippen molar-refractivity contribution in [2.45, 2.75) is 82.0 Å². The summed E-state index contributed by atoms with van der Waals surface area (Å²) in [4.78, 5) is 20.1. The number of nitrogens with zero attached hydrogens (tertiary/aromatic N) is 2. The molecule has 5 heteroatoms. The third kappa shape index (κ3) is 3.68. The zero-order valence-corrected chi connectivity index (χ0v) is 19.8. The minimum absolute atomic E-state index is 0.120. The van der Waals surface area contributed by atoms with Gasteiger partial charge in [-0.05, 0) is 98.9 Å². The van der Waals surface area contributed by atoms with Crippen molar-refractivity contribution in [1.82, 2.24) is 10.3 Å². The van der Waals surface area contributed by atoms with Gasteiger partial charge in [0.1, 0.15) is 6.10 Å². The Labute approximate surface area is 202 Å². The quantitative estimate of drug-likeness (QED) is 0.669. The average Bonchev–Trinajstić information content (AvgIpc) is 3.11. The van der Waals surface area contributed by atoms with Gasteiger partial charge in [-0.3, -0.25) is 4.79 Å². The summed E-state index contributed by atoms with van der Waals surface area (Å²) in [7, 11) is 0. The molecule has 0 spiro atoms. The number of amides is 1. The Hall–Kier alpha value is -2.56. The molecule has 0 unspecified atom stereocenters. The van der Waals surface area contributed by atoms with Gasteiger partial charge in [0.25, 0.3) is 5.91 Å². The van der Waals surface area contributed by atoms with E-state index in [4.69, 9.17) is 4.74 Å². The standard InChI is InChI=1S/C29H35N3O2/c33-29(31-28-21-12-18-11-19(14-21)15-22(28)13-18)20-4-6-23(7-5-20)32-24-8-9-25(32)17-26(16-24)34-27-3-1-2-10-30-27/h1-7,10,18-19,21-22,24-26,28H,8-9,11-17H2,(H,31,33)/t18?,19?,21?,22?,24-,25-,28?/m1/s1. The molecule has 1 N–H and O–H groups in total. The fraction of sp³-hybridized carbons (Fsp3) is 0.586. The summed E-state index contributed by atoms with van der Waals surface area (Å²) in [6.07, 6.45) is 13.3. The molecule has 8 rings (SSSR count). The summed E-state index contributed by atoms with van der Waals surface area (Å²) in [5.41, 5.74) is 2.05. The van der Waals surface area contributed by atoms with Crippen molar-refractivity contribution in [2.75, 3.05) is 4.90 Å². The van der Waals surface area contributed by atoms with Gasteiger partial charge in [0.15, 0.2) is 0 Å². The summed E-state index contributed by atoms with van der Waals surface area (Å²) in [5, 5.41) is 3.46. The highest BCUT2D eigenvalue weighted by Crippen LogP contribution is 2.53. The first-order valence-corrected chi connectivity index (χ1v) is 13.5. The molecule has 1 aromatic carbocycles. The number of aromatic nitrogens is 1. The van der Waals surface area contributed by atoms with E-state index in [2.05, 4.69) is 27.3 Å². The Bertz CT molecular complexity index is 997. The zero-order chi connectivity index (χ0) is 22.6. The number of hydrogen-bond acceptors (Lipinski definition) is 4. The highest BCUT2D eigenvalue weighted by Gasteiger charge is 2.48. The van der Waals surface area contributed by atoms with Crippen molar-refractivity contribution < 1.29 is 9.53 Å². The molecule has 6 aliphatic rings. The smallest absolute Gasteiger partial charge is 0.251 e. The predicted octanol–water partition coefficient (Wildman–Crippen LogP) is 5.21. The molecule has 5 nitrogen and oxygen atoms in total. The Morgan fingerprint density at radius 2 is 1.53 bits per heavy atom. The topological polar surface area (TPSA) is 54.5 Å². The van der Waals surface area contributed by atoms with E-state index in [0.717, 1.165) is 36.1 Å². The third-order valence-electron chi connectivity index (χ3n) is 9.57. The Balaban J connectivity index is 1.00. The summed E-state index contributed by atoms with van der Waals surface area (Å²) >= 11 is 0. The van der Waals surface area contributed by atoms with Crippen LogP contribution in [-0.4, -0.2) is 35.1 Å².